The van der Waals surface area contributed by atoms with Crippen molar-refractivity contribution in [1.29, 1.82) is 0 Å². The first-order valence-corrected chi connectivity index (χ1v) is 6.68. The molecule has 0 spiro atoms. The Kier molecular flexibility index (Phi) is 4.42. The molecule has 1 aliphatic heterocycles. The number of carbonyl (C=O) groups excluding carboxylic acids is 3. The van der Waals surface area contributed by atoms with Crippen LogP contribution in [-0.4, -0.2) is 53.8 Å². The molecule has 3 N–H and O–H groups in total. The zero-order valence-corrected chi connectivity index (χ0v) is 11.8. The fourth-order valence-electron chi connectivity index (χ4n) is 2.28. The maximum Gasteiger partial charge on any atom is 0.316 e. The second-order valence-electron chi connectivity index (χ2n) is 4.87. The van der Waals surface area contributed by atoms with Crippen LogP contribution in [0.3, 0.4) is 0 Å². The number of carbonyl (C=O) groups is 3. The third-order valence-electron chi connectivity index (χ3n) is 3.39. The number of nitrogens with one attached hydrogen (secondary N) is 1. The molecule has 112 valence electrons. The number of rotatable bonds is 2. The SMILES string of the molecule is CC(=O)N1CCN(C(=O)c2cccc(NC(N)=O)c2)CC1. The lowest BCUT2D eigenvalue weighted by Gasteiger charge is -2.34. The van der Waals surface area contributed by atoms with Gasteiger partial charge in [0.25, 0.3) is 5.91 Å². The van der Waals surface area contributed by atoms with Crippen molar-refractivity contribution in [3.8, 4) is 0 Å². The van der Waals surface area contributed by atoms with Gasteiger partial charge in [-0.05, 0) is 18.2 Å². The Balaban J connectivity index is 2.04. The Morgan fingerprint density at radius 2 is 1.71 bits per heavy atom. The lowest BCUT2D eigenvalue weighted by molar-refractivity contribution is -0.130. The van der Waals surface area contributed by atoms with Gasteiger partial charge in [-0.1, -0.05) is 6.07 Å². The van der Waals surface area contributed by atoms with Gasteiger partial charge in [0.2, 0.25) is 5.91 Å². The number of nitrogens with two attached hydrogens (primary N) is 1. The van der Waals surface area contributed by atoms with Gasteiger partial charge in [0.1, 0.15) is 0 Å². The quantitative estimate of drug-likeness (QED) is 0.829. The maximum atomic E-state index is 12.4. The van der Waals surface area contributed by atoms with Crippen LogP contribution in [0.2, 0.25) is 0 Å². The Morgan fingerprint density at radius 1 is 1.10 bits per heavy atom. The smallest absolute Gasteiger partial charge is 0.316 e. The summed E-state index contributed by atoms with van der Waals surface area (Å²) in [5, 5.41) is 2.44. The van der Waals surface area contributed by atoms with Crippen LogP contribution in [0.25, 0.3) is 0 Å². The molecule has 1 aromatic rings. The van der Waals surface area contributed by atoms with Crippen LogP contribution in [0.4, 0.5) is 10.5 Å². The minimum absolute atomic E-state index is 0.0229. The highest BCUT2D eigenvalue weighted by Crippen LogP contribution is 2.14. The standard InChI is InChI=1S/C14H18N4O3/c1-10(19)17-5-7-18(8-6-17)13(20)11-3-2-4-12(9-11)16-14(15)21/h2-4,9H,5-8H2,1H3,(H3,15,16,21). The molecule has 1 heterocycles. The zero-order valence-electron chi connectivity index (χ0n) is 11.8. The number of amides is 4. The number of urea groups is 1. The van der Waals surface area contributed by atoms with Gasteiger partial charge in [-0.15, -0.1) is 0 Å². The molecule has 4 amide bonds. The summed E-state index contributed by atoms with van der Waals surface area (Å²) in [6, 6.07) is 5.95. The minimum atomic E-state index is -0.672. The Bertz CT molecular complexity index is 565. The van der Waals surface area contributed by atoms with Crippen molar-refractivity contribution < 1.29 is 14.4 Å². The van der Waals surface area contributed by atoms with Crippen molar-refractivity contribution in [3.63, 3.8) is 0 Å². The van der Waals surface area contributed by atoms with E-state index in [1.54, 1.807) is 34.1 Å². The van der Waals surface area contributed by atoms with Crippen LogP contribution in [0.15, 0.2) is 24.3 Å². The fourth-order valence-corrected chi connectivity index (χ4v) is 2.28. The molecule has 0 unspecified atom stereocenters. The van der Waals surface area contributed by atoms with Crippen molar-refractivity contribution in [2.75, 3.05) is 31.5 Å². The molecule has 0 aromatic heterocycles. The minimum Gasteiger partial charge on any atom is -0.351 e. The maximum absolute atomic E-state index is 12.4. The van der Waals surface area contributed by atoms with E-state index in [-0.39, 0.29) is 11.8 Å². The molecule has 1 saturated heterocycles. The molecule has 2 rings (SSSR count). The van der Waals surface area contributed by atoms with Gasteiger partial charge in [-0.25, -0.2) is 4.79 Å². The highest BCUT2D eigenvalue weighted by molar-refractivity contribution is 5.96. The number of piperazine rings is 1. The average Bonchev–Trinajstić information content (AvgIpc) is 2.46. The predicted molar refractivity (Wildman–Crippen MR) is 77.8 cm³/mol. The molecule has 1 fully saturated rings. The molecule has 21 heavy (non-hydrogen) atoms. The Morgan fingerprint density at radius 3 is 2.29 bits per heavy atom. The van der Waals surface area contributed by atoms with E-state index in [1.165, 1.54) is 6.92 Å². The van der Waals surface area contributed by atoms with Gasteiger partial charge in [0, 0.05) is 44.4 Å². The van der Waals surface area contributed by atoms with Crippen LogP contribution < -0.4 is 11.1 Å². The van der Waals surface area contributed by atoms with Crippen molar-refractivity contribution in [3.05, 3.63) is 29.8 Å². The molecule has 7 nitrogen and oxygen atoms in total. The van der Waals surface area contributed by atoms with Gasteiger partial charge in [-0.2, -0.15) is 0 Å². The van der Waals surface area contributed by atoms with Crippen LogP contribution in [-0.2, 0) is 4.79 Å². The van der Waals surface area contributed by atoms with Gasteiger partial charge in [0.05, 0.1) is 0 Å². The van der Waals surface area contributed by atoms with E-state index < -0.39 is 6.03 Å². The first-order chi connectivity index (χ1) is 9.97. The van der Waals surface area contributed by atoms with Crippen LogP contribution in [0.1, 0.15) is 17.3 Å². The van der Waals surface area contributed by atoms with Gasteiger partial charge >= 0.3 is 6.03 Å². The highest BCUT2D eigenvalue weighted by Gasteiger charge is 2.23. The van der Waals surface area contributed by atoms with Crippen molar-refractivity contribution in [2.45, 2.75) is 6.92 Å². The number of hydrogen-bond donors (Lipinski definition) is 2. The highest BCUT2D eigenvalue weighted by atomic mass is 16.2. The van der Waals surface area contributed by atoms with Crippen LogP contribution >= 0.6 is 0 Å². The number of nitrogens with zero attached hydrogens (tertiary/aromatic N) is 2. The lowest BCUT2D eigenvalue weighted by Crippen LogP contribution is -2.50. The molecule has 0 radical (unpaired) electrons. The van der Waals surface area contributed by atoms with Crippen LogP contribution in [0, 0.1) is 0 Å². The van der Waals surface area contributed by atoms with E-state index in [9.17, 15) is 14.4 Å². The molecule has 0 aliphatic carbocycles. The van der Waals surface area contributed by atoms with E-state index >= 15 is 0 Å². The van der Waals surface area contributed by atoms with E-state index in [2.05, 4.69) is 5.32 Å². The van der Waals surface area contributed by atoms with Crippen molar-refractivity contribution in [1.82, 2.24) is 9.80 Å². The summed E-state index contributed by atoms with van der Waals surface area (Å²) in [5.41, 5.74) is 6.02. The topological polar surface area (TPSA) is 95.7 Å². The van der Waals surface area contributed by atoms with Crippen LogP contribution in [0.5, 0.6) is 0 Å². The van der Waals surface area contributed by atoms with E-state index in [1.807, 2.05) is 0 Å². The molecule has 0 atom stereocenters. The number of primary amides is 1. The first kappa shape index (κ1) is 14.8. The summed E-state index contributed by atoms with van der Waals surface area (Å²) in [7, 11) is 0. The molecular formula is C14H18N4O3. The van der Waals surface area contributed by atoms with Gasteiger partial charge < -0.3 is 20.9 Å². The number of anilines is 1. The van der Waals surface area contributed by atoms with Crippen molar-refractivity contribution >= 4 is 23.5 Å². The summed E-state index contributed by atoms with van der Waals surface area (Å²) in [5.74, 6) is -0.0962. The molecule has 0 saturated carbocycles. The summed E-state index contributed by atoms with van der Waals surface area (Å²) < 4.78 is 0. The largest absolute Gasteiger partial charge is 0.351 e. The predicted octanol–water partition coefficient (Wildman–Crippen LogP) is 0.481. The number of hydrogen-bond acceptors (Lipinski definition) is 3. The zero-order chi connectivity index (χ0) is 15.4. The molecular weight excluding hydrogens is 272 g/mol. The summed E-state index contributed by atoms with van der Waals surface area (Å²) in [6.45, 7) is 3.62. The van der Waals surface area contributed by atoms with E-state index in [0.29, 0.717) is 37.4 Å². The van der Waals surface area contributed by atoms with E-state index in [4.69, 9.17) is 5.73 Å². The summed E-state index contributed by atoms with van der Waals surface area (Å²) >= 11 is 0. The lowest BCUT2D eigenvalue weighted by atomic mass is 10.1. The third kappa shape index (κ3) is 3.71. The van der Waals surface area contributed by atoms with E-state index in [0.717, 1.165) is 0 Å². The normalized spacial score (nSPS) is 14.7. The number of benzene rings is 1. The van der Waals surface area contributed by atoms with Gasteiger partial charge in [0.15, 0.2) is 0 Å². The summed E-state index contributed by atoms with van der Waals surface area (Å²) in [6.07, 6.45) is 0. The van der Waals surface area contributed by atoms with Crippen molar-refractivity contribution in [2.24, 2.45) is 5.73 Å². The second kappa shape index (κ2) is 6.25. The first-order valence-electron chi connectivity index (χ1n) is 6.68. The summed E-state index contributed by atoms with van der Waals surface area (Å²) in [4.78, 5) is 37.9. The second-order valence-corrected chi connectivity index (χ2v) is 4.87. The van der Waals surface area contributed by atoms with Gasteiger partial charge in [-0.3, -0.25) is 9.59 Å². The Hall–Kier alpha value is -2.57. The molecule has 1 aliphatic rings. The molecule has 7 heteroatoms. The molecule has 1 aromatic carbocycles. The molecule has 0 bridgehead atoms. The fraction of sp³-hybridized carbons (Fsp3) is 0.357. The third-order valence-corrected chi connectivity index (χ3v) is 3.39. The monoisotopic (exact) mass is 290 g/mol. The average molecular weight is 290 g/mol. The Labute approximate surface area is 122 Å².